The fourth-order valence-corrected chi connectivity index (χ4v) is 2.72. The third-order valence-electron chi connectivity index (χ3n) is 2.28. The second-order valence-electron chi connectivity index (χ2n) is 3.95. The van der Waals surface area contributed by atoms with Gasteiger partial charge in [-0.2, -0.15) is 0 Å². The summed E-state index contributed by atoms with van der Waals surface area (Å²) in [5.74, 6) is -0.589. The number of nitrogen functional groups attached to an aromatic ring is 1. The Morgan fingerprint density at radius 2 is 1.89 bits per heavy atom. The largest absolute Gasteiger partial charge is 0.463 e. The van der Waals surface area contributed by atoms with Crippen molar-refractivity contribution in [3.05, 3.63) is 24.3 Å². The van der Waals surface area contributed by atoms with Crippen LogP contribution < -0.4 is 5.73 Å². The third kappa shape index (κ3) is 3.14. The van der Waals surface area contributed by atoms with E-state index in [1.807, 2.05) is 0 Å². The molecule has 1 aromatic rings. The molecule has 0 spiro atoms. The number of hydrogen-bond acceptors (Lipinski definition) is 5. The highest BCUT2D eigenvalue weighted by Crippen LogP contribution is 2.30. The summed E-state index contributed by atoms with van der Waals surface area (Å²) in [5, 5.41) is 0. The molecular formula is C11H14ClNO4S. The predicted octanol–water partition coefficient (Wildman–Crippen LogP) is 1.56. The molecule has 0 bridgehead atoms. The van der Waals surface area contributed by atoms with Crippen molar-refractivity contribution in [2.24, 2.45) is 0 Å². The lowest BCUT2D eigenvalue weighted by Crippen LogP contribution is -2.35. The van der Waals surface area contributed by atoms with E-state index in [0.717, 1.165) is 0 Å². The van der Waals surface area contributed by atoms with Gasteiger partial charge in [0.2, 0.25) is 9.84 Å². The maximum atomic E-state index is 12.2. The van der Waals surface area contributed by atoms with Crippen LogP contribution in [0.5, 0.6) is 0 Å². The van der Waals surface area contributed by atoms with E-state index in [9.17, 15) is 13.2 Å². The van der Waals surface area contributed by atoms with E-state index in [0.29, 0.717) is 5.69 Å². The molecule has 0 aliphatic carbocycles. The van der Waals surface area contributed by atoms with Gasteiger partial charge in [-0.1, -0.05) is 11.6 Å². The number of hydrogen-bond donors (Lipinski definition) is 1. The van der Waals surface area contributed by atoms with Gasteiger partial charge in [0, 0.05) is 12.6 Å². The number of esters is 1. The van der Waals surface area contributed by atoms with E-state index >= 15 is 0 Å². The molecule has 1 rings (SSSR count). The Morgan fingerprint density at radius 3 is 2.33 bits per heavy atom. The van der Waals surface area contributed by atoms with Crippen LogP contribution in [-0.2, 0) is 19.4 Å². The van der Waals surface area contributed by atoms with Crippen LogP contribution in [-0.4, -0.2) is 25.2 Å². The van der Waals surface area contributed by atoms with Gasteiger partial charge in [-0.05, 0) is 31.2 Å². The number of halogens is 1. The molecule has 0 saturated heterocycles. The molecule has 0 aliphatic rings. The SMILES string of the molecule is CC(=O)OCC(C)(Cl)S(=O)(=O)c1ccc(N)cc1. The Hall–Kier alpha value is -1.27. The number of anilines is 1. The second-order valence-corrected chi connectivity index (χ2v) is 7.39. The Bertz CT molecular complexity index is 537. The van der Waals surface area contributed by atoms with Crippen molar-refractivity contribution in [2.45, 2.75) is 22.9 Å². The molecule has 0 radical (unpaired) electrons. The molecule has 0 saturated carbocycles. The molecule has 1 aromatic carbocycles. The lowest BCUT2D eigenvalue weighted by molar-refractivity contribution is -0.141. The van der Waals surface area contributed by atoms with E-state index in [1.54, 1.807) is 0 Å². The maximum absolute atomic E-state index is 12.2. The minimum Gasteiger partial charge on any atom is -0.463 e. The number of nitrogens with two attached hydrogens (primary N) is 1. The van der Waals surface area contributed by atoms with Crippen molar-refractivity contribution in [3.63, 3.8) is 0 Å². The first-order valence-corrected chi connectivity index (χ1v) is 6.95. The Balaban J connectivity index is 3.05. The van der Waals surface area contributed by atoms with E-state index < -0.39 is 26.6 Å². The molecule has 18 heavy (non-hydrogen) atoms. The average Bonchev–Trinajstić information content (AvgIpc) is 2.27. The minimum atomic E-state index is -3.82. The predicted molar refractivity (Wildman–Crippen MR) is 68.9 cm³/mol. The zero-order chi connectivity index (χ0) is 14.0. The summed E-state index contributed by atoms with van der Waals surface area (Å²) in [6.45, 7) is 2.04. The van der Waals surface area contributed by atoms with Crippen LogP contribution >= 0.6 is 11.6 Å². The van der Waals surface area contributed by atoms with Crippen LogP contribution in [0.3, 0.4) is 0 Å². The molecule has 0 aliphatic heterocycles. The van der Waals surface area contributed by atoms with Crippen LogP contribution in [0.25, 0.3) is 0 Å². The molecule has 7 heteroatoms. The normalized spacial score (nSPS) is 14.8. The van der Waals surface area contributed by atoms with Gasteiger partial charge < -0.3 is 10.5 Å². The molecule has 2 N–H and O–H groups in total. The van der Waals surface area contributed by atoms with Gasteiger partial charge in [0.25, 0.3) is 0 Å². The quantitative estimate of drug-likeness (QED) is 0.517. The summed E-state index contributed by atoms with van der Waals surface area (Å²) in [7, 11) is -3.82. The molecule has 0 amide bonds. The Kier molecular flexibility index (Phi) is 4.24. The molecule has 1 unspecified atom stereocenters. The first-order chi connectivity index (χ1) is 8.17. The number of carbonyl (C=O) groups excluding carboxylic acids is 1. The van der Waals surface area contributed by atoms with E-state index in [2.05, 4.69) is 4.74 Å². The second kappa shape index (κ2) is 5.16. The van der Waals surface area contributed by atoms with Gasteiger partial charge in [-0.3, -0.25) is 4.79 Å². The maximum Gasteiger partial charge on any atom is 0.302 e. The number of benzene rings is 1. The van der Waals surface area contributed by atoms with E-state index in [-0.39, 0.29) is 4.90 Å². The van der Waals surface area contributed by atoms with Gasteiger partial charge in [-0.15, -0.1) is 0 Å². The number of alkyl halides is 1. The Labute approximate surface area is 111 Å². The number of rotatable bonds is 4. The van der Waals surface area contributed by atoms with Crippen molar-refractivity contribution in [2.75, 3.05) is 12.3 Å². The number of sulfone groups is 1. The summed E-state index contributed by atoms with van der Waals surface area (Å²) in [4.78, 5) is 10.7. The molecule has 5 nitrogen and oxygen atoms in total. The first-order valence-electron chi connectivity index (χ1n) is 5.09. The fraction of sp³-hybridized carbons (Fsp3) is 0.364. The van der Waals surface area contributed by atoms with Crippen LogP contribution in [0.4, 0.5) is 5.69 Å². The molecular weight excluding hydrogens is 278 g/mol. The van der Waals surface area contributed by atoms with Gasteiger partial charge in [-0.25, -0.2) is 8.42 Å². The standard InChI is InChI=1S/C11H14ClNO4S/c1-8(14)17-7-11(2,12)18(15,16)10-5-3-9(13)4-6-10/h3-6H,7,13H2,1-2H3. The van der Waals surface area contributed by atoms with Gasteiger partial charge in [0.05, 0.1) is 4.90 Å². The highest BCUT2D eigenvalue weighted by molar-refractivity contribution is 7.94. The van der Waals surface area contributed by atoms with Crippen LogP contribution in [0.2, 0.25) is 0 Å². The number of ether oxygens (including phenoxy) is 1. The molecule has 100 valence electrons. The van der Waals surface area contributed by atoms with Crippen LogP contribution in [0.15, 0.2) is 29.2 Å². The smallest absolute Gasteiger partial charge is 0.302 e. The lowest BCUT2D eigenvalue weighted by Gasteiger charge is -2.21. The third-order valence-corrected chi connectivity index (χ3v) is 5.13. The molecule has 0 heterocycles. The van der Waals surface area contributed by atoms with Crippen molar-refractivity contribution < 1.29 is 17.9 Å². The zero-order valence-corrected chi connectivity index (χ0v) is 11.6. The summed E-state index contributed by atoms with van der Waals surface area (Å²) in [6.07, 6.45) is 0. The first kappa shape index (κ1) is 14.8. The fourth-order valence-electron chi connectivity index (χ4n) is 1.20. The van der Waals surface area contributed by atoms with Crippen LogP contribution in [0, 0.1) is 0 Å². The van der Waals surface area contributed by atoms with Gasteiger partial charge >= 0.3 is 5.97 Å². The van der Waals surface area contributed by atoms with Crippen molar-refractivity contribution in [3.8, 4) is 0 Å². The molecule has 0 aromatic heterocycles. The average molecular weight is 292 g/mol. The lowest BCUT2D eigenvalue weighted by atomic mass is 10.3. The van der Waals surface area contributed by atoms with Gasteiger partial charge in [0.1, 0.15) is 6.61 Å². The van der Waals surface area contributed by atoms with Crippen LogP contribution in [0.1, 0.15) is 13.8 Å². The monoisotopic (exact) mass is 291 g/mol. The highest BCUT2D eigenvalue weighted by atomic mass is 35.5. The number of carbonyl (C=O) groups is 1. The summed E-state index contributed by atoms with van der Waals surface area (Å²) in [6, 6.07) is 5.65. The summed E-state index contributed by atoms with van der Waals surface area (Å²) < 4.78 is 27.4. The van der Waals surface area contributed by atoms with E-state index in [4.69, 9.17) is 17.3 Å². The van der Waals surface area contributed by atoms with E-state index in [1.165, 1.54) is 38.1 Å². The Morgan fingerprint density at radius 1 is 1.39 bits per heavy atom. The summed E-state index contributed by atoms with van der Waals surface area (Å²) >= 11 is 5.95. The van der Waals surface area contributed by atoms with Crippen molar-refractivity contribution in [1.82, 2.24) is 0 Å². The molecule has 0 fully saturated rings. The highest BCUT2D eigenvalue weighted by Gasteiger charge is 2.39. The zero-order valence-electron chi connectivity index (χ0n) is 10.0. The van der Waals surface area contributed by atoms with Crippen molar-refractivity contribution >= 4 is 33.1 Å². The topological polar surface area (TPSA) is 86.5 Å². The molecule has 1 atom stereocenters. The van der Waals surface area contributed by atoms with Crippen molar-refractivity contribution in [1.29, 1.82) is 0 Å². The summed E-state index contributed by atoms with van der Waals surface area (Å²) in [5.41, 5.74) is 5.93. The van der Waals surface area contributed by atoms with Gasteiger partial charge in [0.15, 0.2) is 4.21 Å². The minimum absolute atomic E-state index is 0.0290.